The van der Waals surface area contributed by atoms with E-state index in [1.165, 1.54) is 14.8 Å². The number of amides is 1. The molecule has 1 saturated heterocycles. The fourth-order valence-electron chi connectivity index (χ4n) is 3.98. The molecular weight excluding hydrogens is 398 g/mol. The van der Waals surface area contributed by atoms with Crippen molar-refractivity contribution >= 4 is 15.9 Å². The molecule has 0 unspecified atom stereocenters. The standard InChI is InChI=1S/C21H22F2N2O3S/c22-17-6-8-19(20(23)14-17)21(26)24-9-11-25(12-10-24)29(27,28)18-7-5-15-3-1-2-4-16(15)13-18/h5-8,13-14H,1-4,9-12H2. The highest BCUT2D eigenvalue weighted by molar-refractivity contribution is 7.89. The van der Waals surface area contributed by atoms with Crippen LogP contribution in [0.2, 0.25) is 0 Å². The highest BCUT2D eigenvalue weighted by Crippen LogP contribution is 2.26. The molecule has 0 radical (unpaired) electrons. The molecule has 2 aliphatic rings. The smallest absolute Gasteiger partial charge is 0.256 e. The Labute approximate surface area is 169 Å². The molecule has 0 aromatic heterocycles. The van der Waals surface area contributed by atoms with Crippen LogP contribution < -0.4 is 0 Å². The van der Waals surface area contributed by atoms with Gasteiger partial charge in [0, 0.05) is 32.2 Å². The van der Waals surface area contributed by atoms with Gasteiger partial charge in [-0.25, -0.2) is 17.2 Å². The molecule has 0 bridgehead atoms. The van der Waals surface area contributed by atoms with Gasteiger partial charge in [0.25, 0.3) is 5.91 Å². The molecular formula is C21H22F2N2O3S. The van der Waals surface area contributed by atoms with Crippen molar-refractivity contribution in [2.75, 3.05) is 26.2 Å². The van der Waals surface area contributed by atoms with Crippen LogP contribution in [0.4, 0.5) is 8.78 Å². The van der Waals surface area contributed by atoms with Gasteiger partial charge in [-0.3, -0.25) is 4.79 Å². The fourth-order valence-corrected chi connectivity index (χ4v) is 5.46. The maximum absolute atomic E-state index is 13.9. The van der Waals surface area contributed by atoms with Gasteiger partial charge in [0.15, 0.2) is 0 Å². The van der Waals surface area contributed by atoms with Gasteiger partial charge in [-0.1, -0.05) is 6.07 Å². The third kappa shape index (κ3) is 3.91. The van der Waals surface area contributed by atoms with Crippen molar-refractivity contribution in [2.24, 2.45) is 0 Å². The molecule has 8 heteroatoms. The van der Waals surface area contributed by atoms with E-state index >= 15 is 0 Å². The van der Waals surface area contributed by atoms with E-state index in [1.54, 1.807) is 12.1 Å². The summed E-state index contributed by atoms with van der Waals surface area (Å²) >= 11 is 0. The van der Waals surface area contributed by atoms with Gasteiger partial charge in [0.05, 0.1) is 10.5 Å². The molecule has 0 saturated carbocycles. The summed E-state index contributed by atoms with van der Waals surface area (Å²) in [6.07, 6.45) is 4.07. The van der Waals surface area contributed by atoms with Gasteiger partial charge in [-0.05, 0) is 61.1 Å². The second kappa shape index (κ2) is 7.84. The minimum Gasteiger partial charge on any atom is -0.336 e. The first-order valence-electron chi connectivity index (χ1n) is 9.72. The van der Waals surface area contributed by atoms with E-state index < -0.39 is 27.6 Å². The molecule has 29 heavy (non-hydrogen) atoms. The van der Waals surface area contributed by atoms with Crippen LogP contribution in [0, 0.1) is 11.6 Å². The van der Waals surface area contributed by atoms with Crippen molar-refractivity contribution in [3.05, 3.63) is 64.7 Å². The van der Waals surface area contributed by atoms with Crippen LogP contribution in [0.15, 0.2) is 41.3 Å². The first-order chi connectivity index (χ1) is 13.9. The van der Waals surface area contributed by atoms with E-state index in [9.17, 15) is 22.0 Å². The number of carbonyl (C=O) groups excluding carboxylic acids is 1. The number of nitrogens with zero attached hydrogens (tertiary/aromatic N) is 2. The molecule has 5 nitrogen and oxygen atoms in total. The normalized spacial score (nSPS) is 17.8. The fraction of sp³-hybridized carbons (Fsp3) is 0.381. The average molecular weight is 420 g/mol. The van der Waals surface area contributed by atoms with Gasteiger partial charge in [-0.2, -0.15) is 4.31 Å². The lowest BCUT2D eigenvalue weighted by Gasteiger charge is -2.34. The Morgan fingerprint density at radius 2 is 1.55 bits per heavy atom. The van der Waals surface area contributed by atoms with E-state index in [2.05, 4.69) is 0 Å². The molecule has 4 rings (SSSR count). The second-order valence-corrected chi connectivity index (χ2v) is 9.40. The molecule has 0 N–H and O–H groups in total. The predicted molar refractivity (Wildman–Crippen MR) is 104 cm³/mol. The maximum atomic E-state index is 13.9. The van der Waals surface area contributed by atoms with Crippen LogP contribution in [0.3, 0.4) is 0 Å². The molecule has 1 heterocycles. The molecule has 1 aliphatic heterocycles. The third-order valence-electron chi connectivity index (χ3n) is 5.65. The van der Waals surface area contributed by atoms with Crippen LogP contribution >= 0.6 is 0 Å². The van der Waals surface area contributed by atoms with Crippen molar-refractivity contribution in [3.63, 3.8) is 0 Å². The Balaban J connectivity index is 1.47. The third-order valence-corrected chi connectivity index (χ3v) is 7.54. The molecule has 1 aliphatic carbocycles. The topological polar surface area (TPSA) is 57.7 Å². The molecule has 1 amide bonds. The van der Waals surface area contributed by atoms with Crippen LogP contribution in [-0.4, -0.2) is 49.7 Å². The van der Waals surface area contributed by atoms with Crippen molar-refractivity contribution < 1.29 is 22.0 Å². The van der Waals surface area contributed by atoms with Gasteiger partial charge < -0.3 is 4.90 Å². The highest BCUT2D eigenvalue weighted by atomic mass is 32.2. The Kier molecular flexibility index (Phi) is 5.40. The van der Waals surface area contributed by atoms with Crippen LogP contribution in [0.1, 0.15) is 34.3 Å². The predicted octanol–water partition coefficient (Wildman–Crippen LogP) is 2.99. The Bertz CT molecular complexity index is 1050. The van der Waals surface area contributed by atoms with E-state index in [0.29, 0.717) is 6.07 Å². The lowest BCUT2D eigenvalue weighted by molar-refractivity contribution is 0.0693. The number of carbonyl (C=O) groups is 1. The first-order valence-corrected chi connectivity index (χ1v) is 11.2. The maximum Gasteiger partial charge on any atom is 0.256 e. The molecule has 0 spiro atoms. The van der Waals surface area contributed by atoms with Crippen LogP contribution in [0.25, 0.3) is 0 Å². The lowest BCUT2D eigenvalue weighted by atomic mass is 9.92. The van der Waals surface area contributed by atoms with Crippen molar-refractivity contribution in [3.8, 4) is 0 Å². The number of sulfonamides is 1. The number of halogens is 2. The lowest BCUT2D eigenvalue weighted by Crippen LogP contribution is -2.50. The molecule has 2 aromatic rings. The van der Waals surface area contributed by atoms with Gasteiger partial charge in [-0.15, -0.1) is 0 Å². The number of hydrogen-bond acceptors (Lipinski definition) is 3. The number of hydrogen-bond donors (Lipinski definition) is 0. The number of benzene rings is 2. The molecule has 1 fully saturated rings. The first kappa shape index (κ1) is 20.0. The second-order valence-electron chi connectivity index (χ2n) is 7.46. The van der Waals surface area contributed by atoms with Crippen molar-refractivity contribution in [2.45, 2.75) is 30.6 Å². The number of rotatable bonds is 3. The zero-order valence-corrected chi connectivity index (χ0v) is 16.7. The number of aryl methyl sites for hydroxylation is 2. The van der Waals surface area contributed by atoms with E-state index in [0.717, 1.165) is 43.4 Å². The summed E-state index contributed by atoms with van der Waals surface area (Å²) in [4.78, 5) is 14.2. The summed E-state index contributed by atoms with van der Waals surface area (Å²) in [5, 5.41) is 0. The number of piperazine rings is 1. The summed E-state index contributed by atoms with van der Waals surface area (Å²) in [5.41, 5.74) is 2.10. The van der Waals surface area contributed by atoms with Crippen LogP contribution in [-0.2, 0) is 22.9 Å². The Morgan fingerprint density at radius 3 is 2.24 bits per heavy atom. The van der Waals surface area contributed by atoms with Crippen molar-refractivity contribution in [1.29, 1.82) is 0 Å². The zero-order chi connectivity index (χ0) is 20.6. The zero-order valence-electron chi connectivity index (χ0n) is 15.9. The van der Waals surface area contributed by atoms with E-state index in [4.69, 9.17) is 0 Å². The number of fused-ring (bicyclic) bond motifs is 1. The highest BCUT2D eigenvalue weighted by Gasteiger charge is 2.31. The molecule has 154 valence electrons. The van der Waals surface area contributed by atoms with Crippen LogP contribution in [0.5, 0.6) is 0 Å². The monoisotopic (exact) mass is 420 g/mol. The summed E-state index contributed by atoms with van der Waals surface area (Å²) in [6.45, 7) is 0.571. The van der Waals surface area contributed by atoms with E-state index in [1.807, 2.05) is 6.07 Å². The van der Waals surface area contributed by atoms with Gasteiger partial charge in [0.2, 0.25) is 10.0 Å². The minimum absolute atomic E-state index is 0.133. The minimum atomic E-state index is -3.65. The quantitative estimate of drug-likeness (QED) is 0.767. The summed E-state index contributed by atoms with van der Waals surface area (Å²) in [7, 11) is -3.65. The Hall–Kier alpha value is -2.32. The average Bonchev–Trinajstić information content (AvgIpc) is 2.73. The van der Waals surface area contributed by atoms with E-state index in [-0.39, 0.29) is 36.6 Å². The SMILES string of the molecule is O=C(c1ccc(F)cc1F)N1CCN(S(=O)(=O)c2ccc3c(c2)CCCC3)CC1. The Morgan fingerprint density at radius 1 is 0.862 bits per heavy atom. The van der Waals surface area contributed by atoms with Gasteiger partial charge in [0.1, 0.15) is 11.6 Å². The largest absolute Gasteiger partial charge is 0.336 e. The summed E-state index contributed by atoms with van der Waals surface area (Å²) < 4.78 is 54.4. The summed E-state index contributed by atoms with van der Waals surface area (Å²) in [5.74, 6) is -2.23. The van der Waals surface area contributed by atoms with Gasteiger partial charge >= 0.3 is 0 Å². The molecule has 2 aromatic carbocycles. The van der Waals surface area contributed by atoms with Crippen molar-refractivity contribution in [1.82, 2.24) is 9.21 Å². The molecule has 0 atom stereocenters. The summed E-state index contributed by atoms with van der Waals surface area (Å²) in [6, 6.07) is 8.15.